The topological polar surface area (TPSA) is 0 Å². The minimum atomic E-state index is 1.31. The van der Waals surface area contributed by atoms with Gasteiger partial charge in [0.15, 0.2) is 0 Å². The molecule has 0 N–H and O–H groups in total. The van der Waals surface area contributed by atoms with E-state index in [1.54, 1.807) is 5.57 Å². The molecule has 0 heterocycles. The fourth-order valence-electron chi connectivity index (χ4n) is 2.03. The van der Waals surface area contributed by atoms with Crippen LogP contribution < -0.4 is 0 Å². The second kappa shape index (κ2) is 12.8. The summed E-state index contributed by atoms with van der Waals surface area (Å²) >= 11 is 0. The van der Waals surface area contributed by atoms with Crippen LogP contribution in [0, 0.1) is 0 Å². The predicted molar refractivity (Wildman–Crippen MR) is 75.9 cm³/mol. The lowest BCUT2D eigenvalue weighted by molar-refractivity contribution is 0.610. The molecule has 16 heavy (non-hydrogen) atoms. The lowest BCUT2D eigenvalue weighted by Gasteiger charge is -2.01. The van der Waals surface area contributed by atoms with Crippen LogP contribution >= 0.6 is 0 Å². The second-order valence-electron chi connectivity index (χ2n) is 5.06. The normalized spacial score (nSPS) is 12.1. The molecule has 0 aliphatic rings. The molecule has 0 saturated carbocycles. The van der Waals surface area contributed by atoms with Crippen molar-refractivity contribution in [1.82, 2.24) is 0 Å². The van der Waals surface area contributed by atoms with Crippen molar-refractivity contribution < 1.29 is 0 Å². The van der Waals surface area contributed by atoms with Gasteiger partial charge in [-0.15, -0.1) is 0 Å². The Kier molecular flexibility index (Phi) is 12.6. The highest BCUT2D eigenvalue weighted by atomic mass is 14.0. The number of unbranched alkanes of at least 4 members (excludes halogenated alkanes) is 8. The van der Waals surface area contributed by atoms with Gasteiger partial charge in [-0.25, -0.2) is 0 Å². The summed E-state index contributed by atoms with van der Waals surface area (Å²) < 4.78 is 0. The van der Waals surface area contributed by atoms with Crippen LogP contribution in [0.4, 0.5) is 0 Å². The number of allylic oxidation sites excluding steroid dienone is 2. The van der Waals surface area contributed by atoms with Crippen molar-refractivity contribution in [3.8, 4) is 0 Å². The van der Waals surface area contributed by atoms with E-state index in [0.717, 1.165) is 0 Å². The van der Waals surface area contributed by atoms with Crippen molar-refractivity contribution in [3.63, 3.8) is 0 Å². The summed E-state index contributed by atoms with van der Waals surface area (Å²) in [6.07, 6.45) is 17.7. The molecule has 0 rings (SSSR count). The third-order valence-electron chi connectivity index (χ3n) is 3.23. The van der Waals surface area contributed by atoms with E-state index in [1.807, 2.05) is 0 Å². The lowest BCUT2D eigenvalue weighted by atomic mass is 10.1. The maximum Gasteiger partial charge on any atom is -0.0323 e. The number of hydrogen-bond acceptors (Lipinski definition) is 0. The Hall–Kier alpha value is -0.260. The van der Waals surface area contributed by atoms with E-state index in [0.29, 0.717) is 0 Å². The number of hydrogen-bond donors (Lipinski definition) is 0. The average molecular weight is 224 g/mol. The first-order chi connectivity index (χ1) is 7.81. The van der Waals surface area contributed by atoms with Gasteiger partial charge in [0.25, 0.3) is 0 Å². The fourth-order valence-corrected chi connectivity index (χ4v) is 2.03. The van der Waals surface area contributed by atoms with Gasteiger partial charge >= 0.3 is 0 Å². The summed E-state index contributed by atoms with van der Waals surface area (Å²) in [4.78, 5) is 0. The fraction of sp³-hybridized carbons (Fsp3) is 0.875. The van der Waals surface area contributed by atoms with Gasteiger partial charge in [0.05, 0.1) is 0 Å². The van der Waals surface area contributed by atoms with Crippen LogP contribution in [-0.4, -0.2) is 0 Å². The van der Waals surface area contributed by atoms with Gasteiger partial charge in [-0.2, -0.15) is 0 Å². The highest BCUT2D eigenvalue weighted by molar-refractivity contribution is 4.97. The Morgan fingerprint density at radius 3 is 2.00 bits per heavy atom. The first-order valence-electron chi connectivity index (χ1n) is 7.46. The van der Waals surface area contributed by atoms with E-state index in [9.17, 15) is 0 Å². The minimum Gasteiger partial charge on any atom is -0.0856 e. The SMILES string of the molecule is CCCCCCCC/C=C(\C)CCCCC. The summed E-state index contributed by atoms with van der Waals surface area (Å²) in [6.45, 7) is 6.85. The Morgan fingerprint density at radius 1 is 0.750 bits per heavy atom. The van der Waals surface area contributed by atoms with Crippen molar-refractivity contribution in [2.75, 3.05) is 0 Å². The first-order valence-corrected chi connectivity index (χ1v) is 7.46. The molecule has 0 aliphatic carbocycles. The summed E-state index contributed by atoms with van der Waals surface area (Å²) in [7, 11) is 0. The molecule has 0 atom stereocenters. The quantitative estimate of drug-likeness (QED) is 0.287. The van der Waals surface area contributed by atoms with E-state index >= 15 is 0 Å². The van der Waals surface area contributed by atoms with Crippen LogP contribution in [0.15, 0.2) is 11.6 Å². The van der Waals surface area contributed by atoms with E-state index in [-0.39, 0.29) is 0 Å². The summed E-state index contributed by atoms with van der Waals surface area (Å²) in [5.74, 6) is 0. The lowest BCUT2D eigenvalue weighted by Crippen LogP contribution is -1.81. The van der Waals surface area contributed by atoms with Crippen molar-refractivity contribution in [3.05, 3.63) is 11.6 Å². The zero-order valence-corrected chi connectivity index (χ0v) is 11.9. The molecule has 0 heteroatoms. The van der Waals surface area contributed by atoms with Crippen LogP contribution in [0.3, 0.4) is 0 Å². The van der Waals surface area contributed by atoms with Gasteiger partial charge in [-0.3, -0.25) is 0 Å². The summed E-state index contributed by atoms with van der Waals surface area (Å²) in [5, 5.41) is 0. The van der Waals surface area contributed by atoms with Crippen molar-refractivity contribution in [1.29, 1.82) is 0 Å². The molecule has 0 nitrogen and oxygen atoms in total. The molecule has 0 aliphatic heterocycles. The van der Waals surface area contributed by atoms with Crippen LogP contribution in [0.2, 0.25) is 0 Å². The van der Waals surface area contributed by atoms with Crippen LogP contribution in [-0.2, 0) is 0 Å². The van der Waals surface area contributed by atoms with Gasteiger partial charge in [-0.05, 0) is 32.6 Å². The van der Waals surface area contributed by atoms with Gasteiger partial charge in [0.1, 0.15) is 0 Å². The van der Waals surface area contributed by atoms with Gasteiger partial charge in [0, 0.05) is 0 Å². The zero-order chi connectivity index (χ0) is 12.1. The van der Waals surface area contributed by atoms with E-state index < -0.39 is 0 Å². The molecule has 0 aromatic heterocycles. The van der Waals surface area contributed by atoms with Gasteiger partial charge < -0.3 is 0 Å². The van der Waals surface area contributed by atoms with Crippen LogP contribution in [0.25, 0.3) is 0 Å². The highest BCUT2D eigenvalue weighted by Crippen LogP contribution is 2.12. The van der Waals surface area contributed by atoms with E-state index in [1.165, 1.54) is 70.6 Å². The average Bonchev–Trinajstić information content (AvgIpc) is 2.28. The Bertz CT molecular complexity index is 155. The molecule has 0 bridgehead atoms. The molecule has 96 valence electrons. The van der Waals surface area contributed by atoms with Crippen molar-refractivity contribution >= 4 is 0 Å². The monoisotopic (exact) mass is 224 g/mol. The molecule has 0 aromatic carbocycles. The Balaban J connectivity index is 3.23. The molecule has 0 amide bonds. The van der Waals surface area contributed by atoms with Gasteiger partial charge in [0.2, 0.25) is 0 Å². The Labute approximate surface area is 104 Å². The molecule has 0 saturated heterocycles. The van der Waals surface area contributed by atoms with E-state index in [4.69, 9.17) is 0 Å². The summed E-state index contributed by atoms with van der Waals surface area (Å²) in [5.41, 5.74) is 1.61. The minimum absolute atomic E-state index is 1.31. The predicted octanol–water partition coefficient (Wildman–Crippen LogP) is 6.26. The molecular weight excluding hydrogens is 192 g/mol. The maximum atomic E-state index is 2.47. The molecular formula is C16H32. The standard InChI is InChI=1S/C16H32/c1-4-6-8-9-10-11-13-15-16(3)14-12-7-5-2/h15H,4-14H2,1-3H3/b16-15+. The smallest absolute Gasteiger partial charge is 0.0323 e. The third kappa shape index (κ3) is 11.8. The largest absolute Gasteiger partial charge is 0.0856 e. The van der Waals surface area contributed by atoms with Crippen LogP contribution in [0.5, 0.6) is 0 Å². The highest BCUT2D eigenvalue weighted by Gasteiger charge is 1.91. The molecule has 0 unspecified atom stereocenters. The van der Waals surface area contributed by atoms with E-state index in [2.05, 4.69) is 26.8 Å². The Morgan fingerprint density at radius 2 is 1.31 bits per heavy atom. The van der Waals surface area contributed by atoms with Gasteiger partial charge in [-0.1, -0.05) is 70.4 Å². The molecule has 0 aromatic rings. The number of rotatable bonds is 11. The maximum absolute atomic E-state index is 2.47. The van der Waals surface area contributed by atoms with Crippen molar-refractivity contribution in [2.45, 2.75) is 91.4 Å². The molecule has 0 fully saturated rings. The summed E-state index contributed by atoms with van der Waals surface area (Å²) in [6, 6.07) is 0. The molecule has 0 spiro atoms. The van der Waals surface area contributed by atoms with Crippen LogP contribution in [0.1, 0.15) is 91.4 Å². The zero-order valence-electron chi connectivity index (χ0n) is 11.9. The molecule has 0 radical (unpaired) electrons. The van der Waals surface area contributed by atoms with Crippen molar-refractivity contribution in [2.24, 2.45) is 0 Å². The second-order valence-corrected chi connectivity index (χ2v) is 5.06. The first kappa shape index (κ1) is 15.7. The third-order valence-corrected chi connectivity index (χ3v) is 3.23.